The molecule has 1 amide bonds. The van der Waals surface area contributed by atoms with Gasteiger partial charge in [0.15, 0.2) is 0 Å². The number of amides is 1. The van der Waals surface area contributed by atoms with Gasteiger partial charge in [-0.05, 0) is 25.0 Å². The van der Waals surface area contributed by atoms with Crippen LogP contribution < -0.4 is 11.1 Å². The Hall–Kier alpha value is -3.62. The number of hydrogen-bond acceptors (Lipinski definition) is 7. The lowest BCUT2D eigenvalue weighted by molar-refractivity contribution is 0.0947. The van der Waals surface area contributed by atoms with Crippen molar-refractivity contribution < 1.29 is 4.79 Å². The van der Waals surface area contributed by atoms with E-state index in [1.165, 1.54) is 12.4 Å². The van der Waals surface area contributed by atoms with Crippen molar-refractivity contribution in [3.8, 4) is 0 Å². The van der Waals surface area contributed by atoms with Crippen LogP contribution in [-0.4, -0.2) is 41.9 Å². The van der Waals surface area contributed by atoms with Crippen LogP contribution in [0.25, 0.3) is 22.1 Å². The fourth-order valence-corrected chi connectivity index (χ4v) is 3.33. The average Bonchev–Trinajstić information content (AvgIpc) is 3.12. The fourth-order valence-electron chi connectivity index (χ4n) is 3.33. The smallest absolute Gasteiger partial charge is 0.271 e. The maximum Gasteiger partial charge on any atom is 0.271 e. The third kappa shape index (κ3) is 3.84. The summed E-state index contributed by atoms with van der Waals surface area (Å²) in [4.78, 5) is 33.6. The number of nitrogens with zero attached hydrogens (tertiary/aromatic N) is 6. The zero-order valence-electron chi connectivity index (χ0n) is 16.2. The lowest BCUT2D eigenvalue weighted by Crippen LogP contribution is -2.25. The molecule has 0 fully saturated rings. The van der Waals surface area contributed by atoms with Gasteiger partial charge in [0.25, 0.3) is 5.91 Å². The van der Waals surface area contributed by atoms with Gasteiger partial charge < -0.3 is 15.6 Å². The molecule has 0 saturated heterocycles. The number of hydrogen-bond donors (Lipinski definition) is 2. The van der Waals surface area contributed by atoms with Crippen molar-refractivity contribution in [2.45, 2.75) is 32.7 Å². The highest BCUT2D eigenvalue weighted by molar-refractivity contribution is 5.99. The van der Waals surface area contributed by atoms with Gasteiger partial charge in [0, 0.05) is 25.7 Å². The molecule has 0 aliphatic rings. The monoisotopic (exact) mass is 390 g/mol. The van der Waals surface area contributed by atoms with Crippen molar-refractivity contribution in [2.75, 3.05) is 12.3 Å². The molecule has 29 heavy (non-hydrogen) atoms. The summed E-state index contributed by atoms with van der Waals surface area (Å²) in [6.45, 7) is 3.45. The number of imidazole rings is 1. The van der Waals surface area contributed by atoms with Gasteiger partial charge in [-0.3, -0.25) is 14.8 Å². The van der Waals surface area contributed by atoms with Gasteiger partial charge in [-0.2, -0.15) is 0 Å². The molecular formula is C20H22N8O. The van der Waals surface area contributed by atoms with Crippen molar-refractivity contribution in [2.24, 2.45) is 0 Å². The largest absolute Gasteiger partial charge is 0.382 e. The Bertz CT molecular complexity index is 1150. The number of nitrogens with one attached hydrogen (secondary N) is 1. The molecule has 3 N–H and O–H groups in total. The van der Waals surface area contributed by atoms with Gasteiger partial charge in [-0.25, -0.2) is 15.0 Å². The minimum absolute atomic E-state index is 0.249. The Morgan fingerprint density at radius 3 is 2.79 bits per heavy atom. The Morgan fingerprint density at radius 1 is 1.10 bits per heavy atom. The summed E-state index contributed by atoms with van der Waals surface area (Å²) in [5, 5.41) is 2.86. The predicted octanol–water partition coefficient (Wildman–Crippen LogP) is 2.12. The van der Waals surface area contributed by atoms with Gasteiger partial charge in [0.2, 0.25) is 0 Å². The highest BCUT2D eigenvalue weighted by Gasteiger charge is 2.14. The molecule has 0 saturated carbocycles. The highest BCUT2D eigenvalue weighted by Crippen LogP contribution is 2.23. The molecule has 0 aliphatic heterocycles. The van der Waals surface area contributed by atoms with Crippen LogP contribution in [0.4, 0.5) is 5.82 Å². The topological polar surface area (TPSA) is 124 Å². The summed E-state index contributed by atoms with van der Waals surface area (Å²) in [7, 11) is 0. The number of anilines is 1. The summed E-state index contributed by atoms with van der Waals surface area (Å²) in [6.07, 6.45) is 8.89. The summed E-state index contributed by atoms with van der Waals surface area (Å²) < 4.78 is 2.22. The number of pyridine rings is 2. The summed E-state index contributed by atoms with van der Waals surface area (Å²) >= 11 is 0. The number of rotatable bonds is 7. The van der Waals surface area contributed by atoms with Gasteiger partial charge in [0.1, 0.15) is 28.4 Å². The van der Waals surface area contributed by atoms with E-state index in [1.54, 1.807) is 6.20 Å². The Kier molecular flexibility index (Phi) is 5.28. The molecule has 4 aromatic rings. The van der Waals surface area contributed by atoms with E-state index in [-0.39, 0.29) is 17.4 Å². The number of nitrogen functional groups attached to an aromatic ring is 1. The lowest BCUT2D eigenvalue weighted by atomic mass is 10.2. The standard InChI is InChI=1S/C20H22N8O/c1-2-17-27-14-10-24-13-6-5-8-22-18(13)19(14)28(17)9-4-3-7-23-20(29)15-11-26-16(21)12-25-15/h5-6,8,10-12H,2-4,7,9H2,1H3,(H2,21,26)(H,23,29). The van der Waals surface area contributed by atoms with E-state index in [4.69, 9.17) is 10.7 Å². The van der Waals surface area contributed by atoms with E-state index in [9.17, 15) is 4.79 Å². The quantitative estimate of drug-likeness (QED) is 0.463. The molecule has 9 nitrogen and oxygen atoms in total. The third-order valence-electron chi connectivity index (χ3n) is 4.72. The molecule has 0 spiro atoms. The number of carbonyl (C=O) groups excluding carboxylic acids is 1. The Morgan fingerprint density at radius 2 is 2.00 bits per heavy atom. The van der Waals surface area contributed by atoms with Crippen LogP contribution in [0, 0.1) is 0 Å². The summed E-state index contributed by atoms with van der Waals surface area (Å²) in [5.74, 6) is 1.06. The zero-order chi connectivity index (χ0) is 20.2. The lowest BCUT2D eigenvalue weighted by Gasteiger charge is -2.10. The molecule has 0 aromatic carbocycles. The van der Waals surface area contributed by atoms with Crippen LogP contribution in [-0.2, 0) is 13.0 Å². The van der Waals surface area contributed by atoms with Gasteiger partial charge in [-0.1, -0.05) is 6.92 Å². The van der Waals surface area contributed by atoms with E-state index < -0.39 is 0 Å². The van der Waals surface area contributed by atoms with Gasteiger partial charge >= 0.3 is 0 Å². The maximum absolute atomic E-state index is 12.1. The molecule has 9 heteroatoms. The average molecular weight is 390 g/mol. The number of carbonyl (C=O) groups is 1. The number of aromatic nitrogens is 6. The van der Waals surface area contributed by atoms with Crippen molar-refractivity contribution in [1.29, 1.82) is 0 Å². The van der Waals surface area contributed by atoms with Crippen LogP contribution in [0.1, 0.15) is 36.1 Å². The first-order valence-corrected chi connectivity index (χ1v) is 9.62. The van der Waals surface area contributed by atoms with E-state index in [0.717, 1.165) is 53.7 Å². The summed E-state index contributed by atoms with van der Waals surface area (Å²) in [5.41, 5.74) is 9.37. The second-order valence-electron chi connectivity index (χ2n) is 6.69. The van der Waals surface area contributed by atoms with E-state index in [2.05, 4.69) is 36.7 Å². The molecule has 0 bridgehead atoms. The first kappa shape index (κ1) is 18.7. The second kappa shape index (κ2) is 8.17. The van der Waals surface area contributed by atoms with Gasteiger partial charge in [-0.15, -0.1) is 0 Å². The van der Waals surface area contributed by atoms with E-state index >= 15 is 0 Å². The Labute approximate surface area is 167 Å². The maximum atomic E-state index is 12.1. The molecule has 4 rings (SSSR count). The van der Waals surface area contributed by atoms with Crippen LogP contribution in [0.15, 0.2) is 36.9 Å². The molecule has 0 radical (unpaired) electrons. The fraction of sp³-hybridized carbons (Fsp3) is 0.300. The van der Waals surface area contributed by atoms with Crippen LogP contribution >= 0.6 is 0 Å². The molecule has 0 unspecified atom stereocenters. The minimum Gasteiger partial charge on any atom is -0.382 e. The second-order valence-corrected chi connectivity index (χ2v) is 6.69. The molecule has 0 atom stereocenters. The van der Waals surface area contributed by atoms with E-state index in [0.29, 0.717) is 6.54 Å². The highest BCUT2D eigenvalue weighted by atomic mass is 16.1. The van der Waals surface area contributed by atoms with Gasteiger partial charge in [0.05, 0.1) is 29.6 Å². The SMILES string of the molecule is CCc1nc2cnc3cccnc3c2n1CCCCNC(=O)c1cnc(N)cn1. The molecule has 4 aromatic heterocycles. The first-order valence-electron chi connectivity index (χ1n) is 9.62. The van der Waals surface area contributed by atoms with Crippen molar-refractivity contribution in [1.82, 2.24) is 34.8 Å². The van der Waals surface area contributed by atoms with Crippen LogP contribution in [0.2, 0.25) is 0 Å². The van der Waals surface area contributed by atoms with Crippen LogP contribution in [0.3, 0.4) is 0 Å². The number of unbranched alkanes of at least 4 members (excludes halogenated alkanes) is 1. The predicted molar refractivity (Wildman–Crippen MR) is 110 cm³/mol. The number of fused-ring (bicyclic) bond motifs is 3. The Balaban J connectivity index is 1.42. The summed E-state index contributed by atoms with van der Waals surface area (Å²) in [6, 6.07) is 3.84. The van der Waals surface area contributed by atoms with Crippen molar-refractivity contribution in [3.63, 3.8) is 0 Å². The molecule has 4 heterocycles. The zero-order valence-corrected chi connectivity index (χ0v) is 16.2. The first-order chi connectivity index (χ1) is 14.2. The molecule has 0 aliphatic carbocycles. The minimum atomic E-state index is -0.249. The van der Waals surface area contributed by atoms with Crippen LogP contribution in [0.5, 0.6) is 0 Å². The van der Waals surface area contributed by atoms with Crippen molar-refractivity contribution >= 4 is 33.8 Å². The molecule has 148 valence electrons. The van der Waals surface area contributed by atoms with E-state index in [1.807, 2.05) is 18.3 Å². The number of nitrogens with two attached hydrogens (primary N) is 1. The van der Waals surface area contributed by atoms with Crippen molar-refractivity contribution in [3.05, 3.63) is 48.4 Å². The third-order valence-corrected chi connectivity index (χ3v) is 4.72. The molecular weight excluding hydrogens is 368 g/mol. The number of aryl methyl sites for hydroxylation is 2. The normalized spacial score (nSPS) is 11.2.